The Morgan fingerprint density at radius 3 is 2.81 bits per heavy atom. The van der Waals surface area contributed by atoms with Gasteiger partial charge in [0.1, 0.15) is 12.4 Å². The van der Waals surface area contributed by atoms with Gasteiger partial charge in [-0.05, 0) is 37.3 Å². The van der Waals surface area contributed by atoms with Crippen molar-refractivity contribution in [1.29, 1.82) is 0 Å². The Labute approximate surface area is 207 Å². The fourth-order valence-corrected chi connectivity index (χ4v) is 3.93. The number of ether oxygens (including phenoxy) is 1. The molecule has 0 saturated carbocycles. The van der Waals surface area contributed by atoms with E-state index in [1.165, 1.54) is 5.56 Å². The zero-order valence-corrected chi connectivity index (χ0v) is 21.9. The van der Waals surface area contributed by atoms with Crippen LogP contribution in [-0.2, 0) is 24.9 Å². The lowest BCUT2D eigenvalue weighted by Gasteiger charge is -2.22. The minimum atomic E-state index is 0. The summed E-state index contributed by atoms with van der Waals surface area (Å²) in [4.78, 5) is 7.23. The van der Waals surface area contributed by atoms with E-state index in [0.29, 0.717) is 19.1 Å². The first-order chi connectivity index (χ1) is 14.7. The average molecular weight is 559 g/mol. The predicted octanol–water partition coefficient (Wildman–Crippen LogP) is 3.48. The molecule has 172 valence electrons. The van der Waals surface area contributed by atoms with Crippen LogP contribution in [0.4, 0.5) is 0 Å². The molecule has 1 aromatic heterocycles. The molecule has 0 radical (unpaired) electrons. The first-order valence-corrected chi connectivity index (χ1v) is 12.1. The monoisotopic (exact) mass is 558 g/mol. The average Bonchev–Trinajstić information content (AvgIpc) is 3.36. The molecule has 1 N–H and O–H groups in total. The summed E-state index contributed by atoms with van der Waals surface area (Å²) in [5.74, 6) is 4.45. The van der Waals surface area contributed by atoms with Gasteiger partial charge in [-0.25, -0.2) is 4.99 Å². The smallest absolute Gasteiger partial charge is 0.194 e. The van der Waals surface area contributed by atoms with Crippen LogP contribution < -0.4 is 5.32 Å². The summed E-state index contributed by atoms with van der Waals surface area (Å²) in [6.07, 6.45) is 4.40. The van der Waals surface area contributed by atoms with Crippen molar-refractivity contribution in [3.63, 3.8) is 0 Å². The van der Waals surface area contributed by atoms with Crippen LogP contribution in [0.25, 0.3) is 0 Å². The molecule has 1 aliphatic heterocycles. The number of likely N-dealkylation sites (tertiary alicyclic amines) is 1. The van der Waals surface area contributed by atoms with Crippen LogP contribution in [0.1, 0.15) is 30.1 Å². The zero-order valence-electron chi connectivity index (χ0n) is 18.8. The van der Waals surface area contributed by atoms with E-state index in [2.05, 4.69) is 50.9 Å². The van der Waals surface area contributed by atoms with E-state index in [-0.39, 0.29) is 24.0 Å². The second-order valence-electron chi connectivity index (χ2n) is 7.74. The molecule has 9 heteroatoms. The summed E-state index contributed by atoms with van der Waals surface area (Å²) < 4.78 is 7.98. The highest BCUT2D eigenvalue weighted by molar-refractivity contribution is 14.0. The number of aliphatic imine (C=N–C) groups is 1. The molecule has 2 heterocycles. The van der Waals surface area contributed by atoms with Crippen molar-refractivity contribution in [1.82, 2.24) is 25.0 Å². The van der Waals surface area contributed by atoms with E-state index in [1.807, 2.05) is 36.4 Å². The normalized spacial score (nSPS) is 16.4. The lowest BCUT2D eigenvalue weighted by atomic mass is 10.1. The number of halogens is 1. The Balaban J connectivity index is 0.00000341. The second-order valence-corrected chi connectivity index (χ2v) is 8.72. The molecule has 1 saturated heterocycles. The fraction of sp³-hybridized carbons (Fsp3) is 0.591. The largest absolute Gasteiger partial charge is 0.376 e. The minimum Gasteiger partial charge on any atom is -0.376 e. The molecular weight excluding hydrogens is 523 g/mol. The molecule has 1 fully saturated rings. The van der Waals surface area contributed by atoms with Crippen LogP contribution in [0.3, 0.4) is 0 Å². The molecule has 1 aliphatic rings. The lowest BCUT2D eigenvalue weighted by Crippen LogP contribution is -2.41. The molecule has 1 unspecified atom stereocenters. The molecule has 0 amide bonds. The highest BCUT2D eigenvalue weighted by Crippen LogP contribution is 2.18. The minimum absolute atomic E-state index is 0. The van der Waals surface area contributed by atoms with Gasteiger partial charge in [0.15, 0.2) is 11.8 Å². The van der Waals surface area contributed by atoms with Gasteiger partial charge >= 0.3 is 0 Å². The van der Waals surface area contributed by atoms with Gasteiger partial charge in [-0.1, -0.05) is 30.3 Å². The summed E-state index contributed by atoms with van der Waals surface area (Å²) in [6.45, 7) is 6.87. The number of aryl methyl sites for hydroxylation is 1. The number of hydrogen-bond acceptors (Lipinski definition) is 5. The van der Waals surface area contributed by atoms with Crippen molar-refractivity contribution in [2.75, 3.05) is 38.2 Å². The summed E-state index contributed by atoms with van der Waals surface area (Å²) in [5.41, 5.74) is 1.23. The van der Waals surface area contributed by atoms with E-state index in [0.717, 1.165) is 62.4 Å². The van der Waals surface area contributed by atoms with Crippen molar-refractivity contribution in [2.45, 2.75) is 32.9 Å². The third-order valence-electron chi connectivity index (χ3n) is 5.41. The Morgan fingerprint density at radius 1 is 1.29 bits per heavy atom. The molecule has 0 spiro atoms. The van der Waals surface area contributed by atoms with Gasteiger partial charge in [0.05, 0.1) is 13.2 Å². The van der Waals surface area contributed by atoms with Gasteiger partial charge in [0.25, 0.3) is 0 Å². The SMILES string of the molecule is CSCCCNC(=NCc1nnc(C)n1C)N1CCC(COCc2ccccc2)C1.I. The first-order valence-electron chi connectivity index (χ1n) is 10.7. The number of guanidine groups is 1. The van der Waals surface area contributed by atoms with Gasteiger partial charge in [0.2, 0.25) is 0 Å². The van der Waals surface area contributed by atoms with Crippen LogP contribution >= 0.6 is 35.7 Å². The van der Waals surface area contributed by atoms with Crippen molar-refractivity contribution < 1.29 is 4.74 Å². The van der Waals surface area contributed by atoms with Gasteiger partial charge in [-0.2, -0.15) is 11.8 Å². The highest BCUT2D eigenvalue weighted by Gasteiger charge is 2.25. The first kappa shape index (κ1) is 25.9. The number of thioether (sulfide) groups is 1. The molecule has 3 rings (SSSR count). The van der Waals surface area contributed by atoms with E-state index in [9.17, 15) is 0 Å². The quantitative estimate of drug-likeness (QED) is 0.209. The summed E-state index contributed by atoms with van der Waals surface area (Å²) >= 11 is 1.88. The fourth-order valence-electron chi connectivity index (χ4n) is 3.50. The van der Waals surface area contributed by atoms with Gasteiger partial charge in [0, 0.05) is 32.6 Å². The molecule has 1 atom stereocenters. The summed E-state index contributed by atoms with van der Waals surface area (Å²) in [7, 11) is 1.99. The van der Waals surface area contributed by atoms with Crippen LogP contribution in [0.15, 0.2) is 35.3 Å². The third-order valence-corrected chi connectivity index (χ3v) is 6.11. The van der Waals surface area contributed by atoms with Gasteiger partial charge in [-0.15, -0.1) is 34.2 Å². The van der Waals surface area contributed by atoms with Crippen molar-refractivity contribution in [3.05, 3.63) is 47.5 Å². The number of benzene rings is 1. The maximum atomic E-state index is 5.98. The number of nitrogens with zero attached hydrogens (tertiary/aromatic N) is 5. The number of nitrogens with one attached hydrogen (secondary N) is 1. The second kappa shape index (κ2) is 13.9. The molecule has 1 aromatic carbocycles. The van der Waals surface area contributed by atoms with Crippen molar-refractivity contribution >= 4 is 41.7 Å². The highest BCUT2D eigenvalue weighted by atomic mass is 127. The Kier molecular flexibility index (Phi) is 11.7. The molecule has 0 bridgehead atoms. The summed E-state index contributed by atoms with van der Waals surface area (Å²) in [5, 5.41) is 11.9. The van der Waals surface area contributed by atoms with Gasteiger partial charge in [-0.3, -0.25) is 0 Å². The number of aromatic nitrogens is 3. The topological polar surface area (TPSA) is 67.6 Å². The molecule has 7 nitrogen and oxygen atoms in total. The maximum Gasteiger partial charge on any atom is 0.194 e. The predicted molar refractivity (Wildman–Crippen MR) is 139 cm³/mol. The van der Waals surface area contributed by atoms with Crippen LogP contribution in [0.2, 0.25) is 0 Å². The molecule has 0 aliphatic carbocycles. The van der Waals surface area contributed by atoms with E-state index >= 15 is 0 Å². The maximum absolute atomic E-state index is 5.98. The van der Waals surface area contributed by atoms with E-state index < -0.39 is 0 Å². The van der Waals surface area contributed by atoms with Gasteiger partial charge < -0.3 is 19.5 Å². The molecule has 2 aromatic rings. The van der Waals surface area contributed by atoms with Crippen LogP contribution in [0, 0.1) is 12.8 Å². The Bertz CT molecular complexity index is 801. The van der Waals surface area contributed by atoms with Crippen LogP contribution in [-0.4, -0.2) is 63.9 Å². The van der Waals surface area contributed by atoms with Crippen LogP contribution in [0.5, 0.6) is 0 Å². The number of hydrogen-bond donors (Lipinski definition) is 1. The standard InChI is InChI=1S/C22H34N6OS.HI/c1-18-25-26-21(27(18)2)14-24-22(23-11-7-13-30-3)28-12-10-20(15-28)17-29-16-19-8-5-4-6-9-19;/h4-6,8-9,20H,7,10-17H2,1-3H3,(H,23,24);1H. The van der Waals surface area contributed by atoms with Crippen molar-refractivity contribution in [2.24, 2.45) is 18.0 Å². The lowest BCUT2D eigenvalue weighted by molar-refractivity contribution is 0.0906. The van der Waals surface area contributed by atoms with E-state index in [1.54, 1.807) is 0 Å². The molecule has 31 heavy (non-hydrogen) atoms. The zero-order chi connectivity index (χ0) is 21.2. The molecular formula is C22H35IN6OS. The Hall–Kier alpha value is -1.33. The Morgan fingerprint density at radius 2 is 2.10 bits per heavy atom. The van der Waals surface area contributed by atoms with Crippen molar-refractivity contribution in [3.8, 4) is 0 Å². The summed E-state index contributed by atoms with van der Waals surface area (Å²) in [6, 6.07) is 10.4. The van der Waals surface area contributed by atoms with E-state index in [4.69, 9.17) is 9.73 Å². The third kappa shape index (κ3) is 8.27. The number of rotatable bonds is 10.